The summed E-state index contributed by atoms with van der Waals surface area (Å²) in [4.78, 5) is 4.30. The molecule has 0 aliphatic rings. The first-order valence-corrected chi connectivity index (χ1v) is 6.76. The number of halogens is 2. The fourth-order valence-electron chi connectivity index (χ4n) is 2.03. The summed E-state index contributed by atoms with van der Waals surface area (Å²) in [6.45, 7) is 0. The molecule has 100 valence electrons. The molecule has 0 aliphatic carbocycles. The van der Waals surface area contributed by atoms with E-state index in [2.05, 4.69) is 10.3 Å². The number of nitrogens with one attached hydrogen (secondary N) is 1. The number of fused-ring (bicyclic) bond motifs is 1. The van der Waals surface area contributed by atoms with Gasteiger partial charge in [-0.05, 0) is 18.2 Å². The first-order chi connectivity index (χ1) is 9.66. The molecular formula is C15H11Cl2N3. The molecule has 0 unspecified atom stereocenters. The Morgan fingerprint density at radius 3 is 2.65 bits per heavy atom. The summed E-state index contributed by atoms with van der Waals surface area (Å²) >= 11 is 12.2. The van der Waals surface area contributed by atoms with E-state index < -0.39 is 0 Å². The lowest BCUT2D eigenvalue weighted by Gasteiger charge is -2.13. The van der Waals surface area contributed by atoms with Gasteiger partial charge in [0.1, 0.15) is 0 Å². The molecule has 0 saturated carbocycles. The number of pyridine rings is 1. The van der Waals surface area contributed by atoms with Crippen LogP contribution >= 0.6 is 23.2 Å². The van der Waals surface area contributed by atoms with E-state index in [1.54, 1.807) is 12.3 Å². The highest BCUT2D eigenvalue weighted by molar-refractivity contribution is 6.43. The van der Waals surface area contributed by atoms with Gasteiger partial charge in [-0.25, -0.2) is 0 Å². The van der Waals surface area contributed by atoms with Crippen molar-refractivity contribution in [3.8, 4) is 0 Å². The highest BCUT2D eigenvalue weighted by atomic mass is 35.5. The van der Waals surface area contributed by atoms with Gasteiger partial charge in [0.15, 0.2) is 0 Å². The van der Waals surface area contributed by atoms with E-state index in [-0.39, 0.29) is 0 Å². The number of hydrogen-bond acceptors (Lipinski definition) is 3. The van der Waals surface area contributed by atoms with E-state index in [1.165, 1.54) is 0 Å². The van der Waals surface area contributed by atoms with Crippen molar-refractivity contribution in [1.29, 1.82) is 0 Å². The van der Waals surface area contributed by atoms with Gasteiger partial charge in [-0.15, -0.1) is 0 Å². The third-order valence-electron chi connectivity index (χ3n) is 3.02. The topological polar surface area (TPSA) is 50.9 Å². The number of hydrogen-bond donors (Lipinski definition) is 2. The highest BCUT2D eigenvalue weighted by Gasteiger charge is 2.10. The molecule has 0 spiro atoms. The number of rotatable bonds is 2. The number of nitrogens with two attached hydrogens (primary N) is 1. The van der Waals surface area contributed by atoms with Gasteiger partial charge in [0.2, 0.25) is 0 Å². The standard InChI is InChI=1S/C15H11Cl2N3/c16-10-5-3-7-13(14(10)17)20-15-9-4-1-2-6-12(9)19-8-11(15)18/h1-8H,18H2,(H,19,20). The average molecular weight is 304 g/mol. The lowest BCUT2D eigenvalue weighted by atomic mass is 10.1. The molecule has 20 heavy (non-hydrogen) atoms. The average Bonchev–Trinajstić information content (AvgIpc) is 2.46. The second-order valence-electron chi connectivity index (χ2n) is 4.33. The third kappa shape index (κ3) is 2.26. The number of aromatic nitrogens is 1. The van der Waals surface area contributed by atoms with Crippen LogP contribution in [0.2, 0.25) is 10.0 Å². The van der Waals surface area contributed by atoms with Crippen molar-refractivity contribution < 1.29 is 0 Å². The lowest BCUT2D eigenvalue weighted by Crippen LogP contribution is -1.99. The van der Waals surface area contributed by atoms with E-state index in [4.69, 9.17) is 28.9 Å². The normalized spacial score (nSPS) is 10.7. The predicted octanol–water partition coefficient (Wildman–Crippen LogP) is 4.87. The van der Waals surface area contributed by atoms with Gasteiger partial charge < -0.3 is 11.1 Å². The molecule has 0 atom stereocenters. The van der Waals surface area contributed by atoms with E-state index in [1.807, 2.05) is 36.4 Å². The van der Waals surface area contributed by atoms with E-state index in [0.717, 1.165) is 16.6 Å². The molecule has 0 fully saturated rings. The van der Waals surface area contributed by atoms with E-state index in [9.17, 15) is 0 Å². The second-order valence-corrected chi connectivity index (χ2v) is 5.12. The Bertz CT molecular complexity index is 787. The minimum atomic E-state index is 0.467. The van der Waals surface area contributed by atoms with Crippen LogP contribution in [0.5, 0.6) is 0 Å². The third-order valence-corrected chi connectivity index (χ3v) is 3.83. The molecular weight excluding hydrogens is 293 g/mol. The van der Waals surface area contributed by atoms with Gasteiger partial charge in [0.05, 0.1) is 38.8 Å². The molecule has 2 aromatic carbocycles. The maximum Gasteiger partial charge on any atom is 0.0827 e. The van der Waals surface area contributed by atoms with Crippen molar-refractivity contribution in [2.24, 2.45) is 0 Å². The zero-order chi connectivity index (χ0) is 14.1. The Balaban J connectivity index is 2.15. The molecule has 0 aliphatic heterocycles. The molecule has 3 N–H and O–H groups in total. The van der Waals surface area contributed by atoms with Crippen molar-refractivity contribution >= 4 is 51.2 Å². The van der Waals surface area contributed by atoms with Crippen LogP contribution < -0.4 is 11.1 Å². The van der Waals surface area contributed by atoms with E-state index in [0.29, 0.717) is 21.4 Å². The van der Waals surface area contributed by atoms with Crippen molar-refractivity contribution in [2.75, 3.05) is 11.1 Å². The second kappa shape index (κ2) is 5.19. The number of nitrogens with zero attached hydrogens (tertiary/aromatic N) is 1. The predicted molar refractivity (Wildman–Crippen MR) is 85.9 cm³/mol. The minimum absolute atomic E-state index is 0.467. The van der Waals surface area contributed by atoms with Crippen LogP contribution in [0.4, 0.5) is 17.1 Å². The summed E-state index contributed by atoms with van der Waals surface area (Å²) in [5, 5.41) is 5.14. The quantitative estimate of drug-likeness (QED) is 0.710. The fraction of sp³-hybridized carbons (Fsp3) is 0. The van der Waals surface area contributed by atoms with Crippen LogP contribution in [0.25, 0.3) is 10.9 Å². The van der Waals surface area contributed by atoms with Gasteiger partial charge in [-0.3, -0.25) is 4.98 Å². The molecule has 0 saturated heterocycles. The molecule has 0 bridgehead atoms. The Morgan fingerprint density at radius 1 is 1.00 bits per heavy atom. The largest absolute Gasteiger partial charge is 0.396 e. The number of nitrogen functional groups attached to an aromatic ring is 1. The van der Waals surface area contributed by atoms with Crippen LogP contribution in [0.1, 0.15) is 0 Å². The maximum atomic E-state index is 6.20. The Kier molecular flexibility index (Phi) is 3.38. The molecule has 1 aromatic heterocycles. The van der Waals surface area contributed by atoms with Crippen LogP contribution in [0, 0.1) is 0 Å². The van der Waals surface area contributed by atoms with Gasteiger partial charge in [0, 0.05) is 5.39 Å². The van der Waals surface area contributed by atoms with Crippen LogP contribution in [0.3, 0.4) is 0 Å². The molecule has 1 heterocycles. The lowest BCUT2D eigenvalue weighted by molar-refractivity contribution is 1.40. The zero-order valence-electron chi connectivity index (χ0n) is 10.4. The molecule has 0 amide bonds. The molecule has 3 rings (SSSR count). The summed E-state index contributed by atoms with van der Waals surface area (Å²) in [5.41, 5.74) is 8.93. The Hall–Kier alpha value is -1.97. The van der Waals surface area contributed by atoms with Crippen LogP contribution in [0.15, 0.2) is 48.7 Å². The summed E-state index contributed by atoms with van der Waals surface area (Å²) in [5.74, 6) is 0. The summed E-state index contributed by atoms with van der Waals surface area (Å²) in [7, 11) is 0. The van der Waals surface area contributed by atoms with Gasteiger partial charge in [0.25, 0.3) is 0 Å². The number of benzene rings is 2. The highest BCUT2D eigenvalue weighted by Crippen LogP contribution is 2.35. The van der Waals surface area contributed by atoms with Gasteiger partial charge in [-0.1, -0.05) is 47.5 Å². The molecule has 5 heteroatoms. The van der Waals surface area contributed by atoms with Crippen molar-refractivity contribution in [2.45, 2.75) is 0 Å². The number of para-hydroxylation sites is 1. The SMILES string of the molecule is Nc1cnc2ccccc2c1Nc1cccc(Cl)c1Cl. The van der Waals surface area contributed by atoms with Crippen molar-refractivity contribution in [3.05, 3.63) is 58.7 Å². The minimum Gasteiger partial charge on any atom is -0.396 e. The molecule has 3 nitrogen and oxygen atoms in total. The summed E-state index contributed by atoms with van der Waals surface area (Å²) in [6.07, 6.45) is 1.63. The zero-order valence-corrected chi connectivity index (χ0v) is 11.9. The number of anilines is 3. The molecule has 3 aromatic rings. The smallest absolute Gasteiger partial charge is 0.0827 e. The van der Waals surface area contributed by atoms with Crippen molar-refractivity contribution in [3.63, 3.8) is 0 Å². The van der Waals surface area contributed by atoms with Crippen LogP contribution in [-0.2, 0) is 0 Å². The Morgan fingerprint density at radius 2 is 1.80 bits per heavy atom. The van der Waals surface area contributed by atoms with Crippen molar-refractivity contribution in [1.82, 2.24) is 4.98 Å². The van der Waals surface area contributed by atoms with Gasteiger partial charge >= 0.3 is 0 Å². The fourth-order valence-corrected chi connectivity index (χ4v) is 2.38. The first kappa shape index (κ1) is 13.0. The van der Waals surface area contributed by atoms with E-state index >= 15 is 0 Å². The summed E-state index contributed by atoms with van der Waals surface area (Å²) in [6, 6.07) is 13.2. The Labute approximate surface area is 126 Å². The van der Waals surface area contributed by atoms with Gasteiger partial charge in [-0.2, -0.15) is 0 Å². The van der Waals surface area contributed by atoms with Crippen LogP contribution in [-0.4, -0.2) is 4.98 Å². The monoisotopic (exact) mass is 303 g/mol. The molecule has 0 radical (unpaired) electrons. The maximum absolute atomic E-state index is 6.20. The summed E-state index contributed by atoms with van der Waals surface area (Å²) < 4.78 is 0. The first-order valence-electron chi connectivity index (χ1n) is 6.01.